The largest absolute Gasteiger partial charge is 0.449 e. The molecule has 2 amide bonds. The Labute approximate surface area is 156 Å². The van der Waals surface area contributed by atoms with Gasteiger partial charge in [0.1, 0.15) is 5.82 Å². The van der Waals surface area contributed by atoms with Gasteiger partial charge in [0.25, 0.3) is 5.91 Å². The maximum absolute atomic E-state index is 13.9. The maximum atomic E-state index is 13.9. The van der Waals surface area contributed by atoms with Crippen LogP contribution in [0.25, 0.3) is 0 Å². The second-order valence-electron chi connectivity index (χ2n) is 5.67. The molecule has 0 radical (unpaired) electrons. The molecule has 0 unspecified atom stereocenters. The average Bonchev–Trinajstić information content (AvgIpc) is 2.61. The number of hydrogen-bond acceptors (Lipinski definition) is 5. The summed E-state index contributed by atoms with van der Waals surface area (Å²) in [4.78, 5) is 25.1. The van der Waals surface area contributed by atoms with Crippen molar-refractivity contribution in [1.82, 2.24) is 0 Å². The van der Waals surface area contributed by atoms with Crippen LogP contribution in [0.4, 0.5) is 20.6 Å². The smallest absolute Gasteiger partial charge is 0.413 e. The fourth-order valence-electron chi connectivity index (χ4n) is 2.20. The van der Waals surface area contributed by atoms with E-state index in [4.69, 9.17) is 4.74 Å². The molecule has 0 spiro atoms. The van der Waals surface area contributed by atoms with Crippen molar-refractivity contribution in [3.05, 3.63) is 53.8 Å². The Kier molecular flexibility index (Phi) is 6.17. The molecule has 0 saturated heterocycles. The minimum absolute atomic E-state index is 0.152. The van der Waals surface area contributed by atoms with Crippen LogP contribution >= 0.6 is 0 Å². The zero-order valence-corrected chi connectivity index (χ0v) is 15.8. The molecular formula is C18H19FN2O5S. The monoisotopic (exact) mass is 394 g/mol. The first-order chi connectivity index (χ1) is 12.6. The summed E-state index contributed by atoms with van der Waals surface area (Å²) in [6.45, 7) is 1.94. The van der Waals surface area contributed by atoms with Gasteiger partial charge in [0, 0.05) is 24.7 Å². The molecule has 7 nitrogen and oxygen atoms in total. The van der Waals surface area contributed by atoms with Crippen LogP contribution in [0.3, 0.4) is 0 Å². The van der Waals surface area contributed by atoms with Crippen LogP contribution in [0.1, 0.15) is 17.3 Å². The van der Waals surface area contributed by atoms with Crippen LogP contribution in [0, 0.1) is 5.82 Å². The van der Waals surface area contributed by atoms with Crippen molar-refractivity contribution >= 4 is 33.2 Å². The molecule has 1 N–H and O–H groups in total. The van der Waals surface area contributed by atoms with E-state index in [-0.39, 0.29) is 17.1 Å². The van der Waals surface area contributed by atoms with Crippen LogP contribution in [0.15, 0.2) is 47.4 Å². The Bertz CT molecular complexity index is 958. The van der Waals surface area contributed by atoms with Crippen molar-refractivity contribution in [1.29, 1.82) is 0 Å². The first-order valence-electron chi connectivity index (χ1n) is 7.95. The van der Waals surface area contributed by atoms with Gasteiger partial charge in [-0.1, -0.05) is 0 Å². The van der Waals surface area contributed by atoms with Crippen molar-refractivity contribution in [2.24, 2.45) is 0 Å². The summed E-state index contributed by atoms with van der Waals surface area (Å²) in [6, 6.07) is 9.24. The summed E-state index contributed by atoms with van der Waals surface area (Å²) in [7, 11) is -2.03. The quantitative estimate of drug-likeness (QED) is 0.787. The molecule has 2 rings (SSSR count). The van der Waals surface area contributed by atoms with Gasteiger partial charge in [0.2, 0.25) is 0 Å². The third-order valence-electron chi connectivity index (χ3n) is 3.66. The van der Waals surface area contributed by atoms with Crippen molar-refractivity contribution < 1.29 is 27.1 Å². The van der Waals surface area contributed by atoms with Crippen LogP contribution in [0.2, 0.25) is 0 Å². The molecule has 27 heavy (non-hydrogen) atoms. The fraction of sp³-hybridized carbons (Fsp3) is 0.222. The molecule has 0 atom stereocenters. The molecular weight excluding hydrogens is 375 g/mol. The van der Waals surface area contributed by atoms with E-state index in [0.29, 0.717) is 11.4 Å². The van der Waals surface area contributed by atoms with E-state index in [1.54, 1.807) is 19.1 Å². The Morgan fingerprint density at radius 2 is 1.78 bits per heavy atom. The van der Waals surface area contributed by atoms with E-state index in [0.717, 1.165) is 24.5 Å². The predicted octanol–water partition coefficient (Wildman–Crippen LogP) is 3.07. The lowest BCUT2D eigenvalue weighted by molar-refractivity contribution is 0.102. The molecule has 2 aromatic rings. The third-order valence-corrected chi connectivity index (χ3v) is 4.77. The van der Waals surface area contributed by atoms with Gasteiger partial charge in [-0.2, -0.15) is 0 Å². The summed E-state index contributed by atoms with van der Waals surface area (Å²) >= 11 is 0. The molecule has 0 aliphatic carbocycles. The lowest BCUT2D eigenvalue weighted by Crippen LogP contribution is -2.26. The Morgan fingerprint density at radius 1 is 1.15 bits per heavy atom. The van der Waals surface area contributed by atoms with E-state index in [1.807, 2.05) is 0 Å². The van der Waals surface area contributed by atoms with Gasteiger partial charge < -0.3 is 10.1 Å². The second kappa shape index (κ2) is 8.17. The molecule has 0 fully saturated rings. The van der Waals surface area contributed by atoms with Crippen LogP contribution in [0.5, 0.6) is 0 Å². The molecule has 0 bridgehead atoms. The second-order valence-corrected chi connectivity index (χ2v) is 7.69. The highest BCUT2D eigenvalue weighted by Gasteiger charge is 2.17. The molecule has 0 saturated carbocycles. The molecule has 0 aliphatic heterocycles. The van der Waals surface area contributed by atoms with Gasteiger partial charge in [-0.15, -0.1) is 0 Å². The van der Waals surface area contributed by atoms with Crippen molar-refractivity contribution in [2.75, 3.05) is 30.1 Å². The van der Waals surface area contributed by atoms with Crippen molar-refractivity contribution in [3.63, 3.8) is 0 Å². The standard InChI is InChI=1S/C18H19FN2O5S/c1-4-26-18(23)21(2)13-7-5-12(6-8-13)20-17(22)15-11-14(27(3,24)25)9-10-16(15)19/h5-11H,4H2,1-3H3,(H,20,22). The number of halogens is 1. The number of sulfone groups is 1. The fourth-order valence-corrected chi connectivity index (χ4v) is 2.85. The number of hydrogen-bond donors (Lipinski definition) is 1. The Balaban J connectivity index is 2.18. The maximum Gasteiger partial charge on any atom is 0.413 e. The van der Waals surface area contributed by atoms with Crippen LogP contribution < -0.4 is 10.2 Å². The minimum Gasteiger partial charge on any atom is -0.449 e. The number of ether oxygens (including phenoxy) is 1. The highest BCUT2D eigenvalue weighted by Crippen LogP contribution is 2.20. The van der Waals surface area contributed by atoms with E-state index >= 15 is 0 Å². The molecule has 2 aromatic carbocycles. The predicted molar refractivity (Wildman–Crippen MR) is 99.3 cm³/mol. The van der Waals surface area contributed by atoms with Crippen molar-refractivity contribution in [2.45, 2.75) is 11.8 Å². The number of benzene rings is 2. The molecule has 144 valence electrons. The number of nitrogens with one attached hydrogen (secondary N) is 1. The summed E-state index contributed by atoms with van der Waals surface area (Å²) < 4.78 is 42.0. The first kappa shape index (κ1) is 20.4. The summed E-state index contributed by atoms with van der Waals surface area (Å²) in [5.41, 5.74) is 0.507. The molecule has 0 aliphatic rings. The highest BCUT2D eigenvalue weighted by molar-refractivity contribution is 7.90. The van der Waals surface area contributed by atoms with Gasteiger partial charge in [-0.25, -0.2) is 17.6 Å². The third kappa shape index (κ3) is 5.04. The lowest BCUT2D eigenvalue weighted by Gasteiger charge is -2.17. The summed E-state index contributed by atoms with van der Waals surface area (Å²) in [5, 5.41) is 2.49. The summed E-state index contributed by atoms with van der Waals surface area (Å²) in [5.74, 6) is -1.62. The van der Waals surface area contributed by atoms with Crippen LogP contribution in [-0.4, -0.2) is 40.3 Å². The Hall–Kier alpha value is -2.94. The van der Waals surface area contributed by atoms with Gasteiger partial charge >= 0.3 is 6.09 Å². The van der Waals surface area contributed by atoms with E-state index in [2.05, 4.69) is 5.32 Å². The molecule has 9 heteroatoms. The van der Waals surface area contributed by atoms with Crippen LogP contribution in [-0.2, 0) is 14.6 Å². The zero-order chi connectivity index (χ0) is 20.2. The topological polar surface area (TPSA) is 92.8 Å². The summed E-state index contributed by atoms with van der Waals surface area (Å²) in [6.07, 6.45) is 0.453. The number of carbonyl (C=O) groups excluding carboxylic acids is 2. The number of anilines is 2. The number of amides is 2. The van der Waals surface area contributed by atoms with E-state index < -0.39 is 27.7 Å². The van der Waals surface area contributed by atoms with Gasteiger partial charge in [-0.05, 0) is 49.4 Å². The van der Waals surface area contributed by atoms with E-state index in [9.17, 15) is 22.4 Å². The van der Waals surface area contributed by atoms with Gasteiger partial charge in [-0.3, -0.25) is 9.69 Å². The SMILES string of the molecule is CCOC(=O)N(C)c1ccc(NC(=O)c2cc(S(C)(=O)=O)ccc2F)cc1. The molecule has 0 aromatic heterocycles. The number of rotatable bonds is 5. The normalized spacial score (nSPS) is 11.0. The molecule has 0 heterocycles. The number of carbonyl (C=O) groups is 2. The number of nitrogens with zero attached hydrogens (tertiary/aromatic N) is 1. The van der Waals surface area contributed by atoms with Gasteiger partial charge in [0.05, 0.1) is 17.1 Å². The van der Waals surface area contributed by atoms with Crippen molar-refractivity contribution in [3.8, 4) is 0 Å². The Morgan fingerprint density at radius 3 is 2.33 bits per heavy atom. The van der Waals surface area contributed by atoms with Gasteiger partial charge in [0.15, 0.2) is 9.84 Å². The first-order valence-corrected chi connectivity index (χ1v) is 9.84. The lowest BCUT2D eigenvalue weighted by atomic mass is 10.2. The highest BCUT2D eigenvalue weighted by atomic mass is 32.2. The zero-order valence-electron chi connectivity index (χ0n) is 15.0. The van der Waals surface area contributed by atoms with E-state index in [1.165, 1.54) is 24.1 Å². The minimum atomic E-state index is -3.57. The average molecular weight is 394 g/mol.